The SMILES string of the molecule is Cc1nc(C(=O)N(C)Cc2cn[nH]c2)ccc1C#N. The molecule has 0 unspecified atom stereocenters. The van der Waals surface area contributed by atoms with E-state index in [1.54, 1.807) is 43.4 Å². The van der Waals surface area contributed by atoms with Gasteiger partial charge in [0.25, 0.3) is 5.91 Å². The zero-order valence-electron chi connectivity index (χ0n) is 10.7. The number of carbonyl (C=O) groups is 1. The highest BCUT2D eigenvalue weighted by Crippen LogP contribution is 2.09. The lowest BCUT2D eigenvalue weighted by molar-refractivity contribution is 0.0779. The van der Waals surface area contributed by atoms with Crippen molar-refractivity contribution in [1.82, 2.24) is 20.1 Å². The number of rotatable bonds is 3. The summed E-state index contributed by atoms with van der Waals surface area (Å²) in [5.41, 5.74) is 2.29. The zero-order chi connectivity index (χ0) is 13.8. The van der Waals surface area contributed by atoms with Crippen LogP contribution in [-0.4, -0.2) is 33.0 Å². The summed E-state index contributed by atoms with van der Waals surface area (Å²) >= 11 is 0. The number of nitrogens with one attached hydrogen (secondary N) is 1. The second-order valence-corrected chi connectivity index (χ2v) is 4.21. The van der Waals surface area contributed by atoms with Crippen LogP contribution < -0.4 is 0 Å². The summed E-state index contributed by atoms with van der Waals surface area (Å²) in [5.74, 6) is -0.186. The number of aromatic nitrogens is 3. The van der Waals surface area contributed by atoms with Gasteiger partial charge in [-0.15, -0.1) is 0 Å². The molecule has 0 saturated carbocycles. The van der Waals surface area contributed by atoms with Crippen LogP contribution in [-0.2, 0) is 6.54 Å². The van der Waals surface area contributed by atoms with Crippen LogP contribution in [0.3, 0.4) is 0 Å². The Bertz CT molecular complexity index is 627. The monoisotopic (exact) mass is 255 g/mol. The summed E-state index contributed by atoms with van der Waals surface area (Å²) in [5, 5.41) is 15.4. The Hall–Kier alpha value is -2.68. The van der Waals surface area contributed by atoms with Gasteiger partial charge in [0.1, 0.15) is 11.8 Å². The van der Waals surface area contributed by atoms with Crippen LogP contribution in [0.25, 0.3) is 0 Å². The van der Waals surface area contributed by atoms with Crippen molar-refractivity contribution in [3.63, 3.8) is 0 Å². The topological polar surface area (TPSA) is 85.7 Å². The van der Waals surface area contributed by atoms with E-state index in [0.717, 1.165) is 5.56 Å². The van der Waals surface area contributed by atoms with E-state index >= 15 is 0 Å². The first-order chi connectivity index (χ1) is 9.11. The quantitative estimate of drug-likeness (QED) is 0.894. The van der Waals surface area contributed by atoms with E-state index in [0.29, 0.717) is 23.5 Å². The molecule has 6 heteroatoms. The zero-order valence-corrected chi connectivity index (χ0v) is 10.7. The minimum Gasteiger partial charge on any atom is -0.336 e. The van der Waals surface area contributed by atoms with Gasteiger partial charge in [0.2, 0.25) is 0 Å². The first-order valence-electron chi connectivity index (χ1n) is 5.72. The number of amides is 1. The van der Waals surface area contributed by atoms with E-state index in [4.69, 9.17) is 5.26 Å². The third-order valence-electron chi connectivity index (χ3n) is 2.75. The molecule has 0 aliphatic rings. The Labute approximate surface area is 110 Å². The van der Waals surface area contributed by atoms with Crippen molar-refractivity contribution >= 4 is 5.91 Å². The highest BCUT2D eigenvalue weighted by Gasteiger charge is 2.15. The Morgan fingerprint density at radius 1 is 1.53 bits per heavy atom. The van der Waals surface area contributed by atoms with E-state index in [2.05, 4.69) is 15.2 Å². The molecule has 0 aliphatic heterocycles. The number of carbonyl (C=O) groups excluding carboxylic acids is 1. The highest BCUT2D eigenvalue weighted by molar-refractivity contribution is 5.92. The van der Waals surface area contributed by atoms with Gasteiger partial charge >= 0.3 is 0 Å². The molecule has 2 heterocycles. The fourth-order valence-electron chi connectivity index (χ4n) is 1.70. The molecule has 96 valence electrons. The number of H-pyrrole nitrogens is 1. The van der Waals surface area contributed by atoms with Gasteiger partial charge in [-0.2, -0.15) is 10.4 Å². The molecular weight excluding hydrogens is 242 g/mol. The minimum atomic E-state index is -0.186. The lowest BCUT2D eigenvalue weighted by Gasteiger charge is -2.15. The molecule has 0 atom stereocenters. The molecule has 0 bridgehead atoms. The van der Waals surface area contributed by atoms with Gasteiger partial charge in [0, 0.05) is 25.4 Å². The van der Waals surface area contributed by atoms with Crippen LogP contribution in [0.15, 0.2) is 24.5 Å². The smallest absolute Gasteiger partial charge is 0.272 e. The third-order valence-corrected chi connectivity index (χ3v) is 2.75. The molecule has 0 saturated heterocycles. The fraction of sp³-hybridized carbons (Fsp3) is 0.231. The van der Waals surface area contributed by atoms with Crippen molar-refractivity contribution in [2.45, 2.75) is 13.5 Å². The minimum absolute atomic E-state index is 0.186. The molecule has 2 aromatic rings. The summed E-state index contributed by atoms with van der Waals surface area (Å²) < 4.78 is 0. The van der Waals surface area contributed by atoms with Gasteiger partial charge in [-0.1, -0.05) is 0 Å². The van der Waals surface area contributed by atoms with Crippen molar-refractivity contribution in [3.8, 4) is 6.07 Å². The second-order valence-electron chi connectivity index (χ2n) is 4.21. The summed E-state index contributed by atoms with van der Waals surface area (Å²) in [7, 11) is 1.70. The first kappa shape index (κ1) is 12.8. The Morgan fingerprint density at radius 3 is 2.89 bits per heavy atom. The molecule has 1 N–H and O–H groups in total. The number of nitriles is 1. The summed E-state index contributed by atoms with van der Waals surface area (Å²) in [4.78, 5) is 17.9. The van der Waals surface area contributed by atoms with E-state index < -0.39 is 0 Å². The van der Waals surface area contributed by atoms with Gasteiger partial charge < -0.3 is 4.90 Å². The maximum Gasteiger partial charge on any atom is 0.272 e. The molecule has 0 aromatic carbocycles. The maximum atomic E-state index is 12.2. The van der Waals surface area contributed by atoms with E-state index in [-0.39, 0.29) is 5.91 Å². The van der Waals surface area contributed by atoms with E-state index in [1.807, 2.05) is 6.07 Å². The molecule has 6 nitrogen and oxygen atoms in total. The van der Waals surface area contributed by atoms with Gasteiger partial charge in [-0.05, 0) is 19.1 Å². The lowest BCUT2D eigenvalue weighted by Crippen LogP contribution is -2.27. The number of hydrogen-bond acceptors (Lipinski definition) is 4. The molecular formula is C13H13N5O. The fourth-order valence-corrected chi connectivity index (χ4v) is 1.70. The number of hydrogen-bond donors (Lipinski definition) is 1. The van der Waals surface area contributed by atoms with Crippen LogP contribution in [0, 0.1) is 18.3 Å². The number of nitrogens with zero attached hydrogens (tertiary/aromatic N) is 4. The summed E-state index contributed by atoms with van der Waals surface area (Å²) in [6.45, 7) is 2.17. The normalized spacial score (nSPS) is 9.95. The molecule has 0 aliphatic carbocycles. The van der Waals surface area contributed by atoms with Crippen molar-refractivity contribution in [2.75, 3.05) is 7.05 Å². The Morgan fingerprint density at radius 2 is 2.32 bits per heavy atom. The second kappa shape index (κ2) is 5.31. The predicted molar refractivity (Wildman–Crippen MR) is 68.1 cm³/mol. The number of aromatic amines is 1. The van der Waals surface area contributed by atoms with E-state index in [1.165, 1.54) is 0 Å². The van der Waals surface area contributed by atoms with Crippen molar-refractivity contribution in [2.24, 2.45) is 0 Å². The van der Waals surface area contributed by atoms with Gasteiger partial charge in [-0.3, -0.25) is 9.89 Å². The van der Waals surface area contributed by atoms with Crippen molar-refractivity contribution < 1.29 is 4.79 Å². The molecule has 2 aromatic heterocycles. The van der Waals surface area contributed by atoms with Crippen molar-refractivity contribution in [1.29, 1.82) is 5.26 Å². The number of aryl methyl sites for hydroxylation is 1. The van der Waals surface area contributed by atoms with Gasteiger partial charge in [0.05, 0.1) is 17.5 Å². The van der Waals surface area contributed by atoms with E-state index in [9.17, 15) is 4.79 Å². The van der Waals surface area contributed by atoms with Crippen LogP contribution in [0.4, 0.5) is 0 Å². The van der Waals surface area contributed by atoms with Crippen LogP contribution in [0.2, 0.25) is 0 Å². The Kier molecular flexibility index (Phi) is 3.57. The average molecular weight is 255 g/mol. The Balaban J connectivity index is 2.15. The first-order valence-corrected chi connectivity index (χ1v) is 5.72. The summed E-state index contributed by atoms with van der Waals surface area (Å²) in [6.07, 6.45) is 3.41. The third kappa shape index (κ3) is 2.77. The summed E-state index contributed by atoms with van der Waals surface area (Å²) in [6, 6.07) is 5.21. The van der Waals surface area contributed by atoms with Crippen LogP contribution in [0.5, 0.6) is 0 Å². The molecule has 0 fully saturated rings. The molecule has 0 radical (unpaired) electrons. The maximum absolute atomic E-state index is 12.2. The molecule has 1 amide bonds. The molecule has 19 heavy (non-hydrogen) atoms. The highest BCUT2D eigenvalue weighted by atomic mass is 16.2. The van der Waals surface area contributed by atoms with Gasteiger partial charge in [0.15, 0.2) is 0 Å². The molecule has 0 spiro atoms. The molecule has 2 rings (SSSR count). The standard InChI is InChI=1S/C13H13N5O/c1-9-11(5-14)3-4-12(17-9)13(19)18(2)8-10-6-15-16-7-10/h3-4,6-7H,8H2,1-2H3,(H,15,16). The number of pyridine rings is 1. The van der Waals surface area contributed by atoms with Crippen LogP contribution >= 0.6 is 0 Å². The largest absolute Gasteiger partial charge is 0.336 e. The lowest BCUT2D eigenvalue weighted by atomic mass is 10.2. The average Bonchev–Trinajstić information content (AvgIpc) is 2.90. The van der Waals surface area contributed by atoms with Crippen molar-refractivity contribution in [3.05, 3.63) is 47.0 Å². The van der Waals surface area contributed by atoms with Crippen LogP contribution in [0.1, 0.15) is 27.3 Å². The van der Waals surface area contributed by atoms with Gasteiger partial charge in [-0.25, -0.2) is 4.98 Å². The predicted octanol–water partition coefficient (Wildman–Crippen LogP) is 1.26.